The van der Waals surface area contributed by atoms with Crippen molar-refractivity contribution in [2.45, 2.75) is 13.5 Å². The molecule has 25 heavy (non-hydrogen) atoms. The Kier molecular flexibility index (Phi) is 4.35. The summed E-state index contributed by atoms with van der Waals surface area (Å²) in [5, 5.41) is 2.81. The lowest BCUT2D eigenvalue weighted by Crippen LogP contribution is -1.96. The quantitative estimate of drug-likeness (QED) is 0.492. The zero-order chi connectivity index (χ0) is 17.1. The molecule has 6 heteroatoms. The number of thiazole rings is 1. The van der Waals surface area contributed by atoms with Gasteiger partial charge in [-0.2, -0.15) is 4.98 Å². The van der Waals surface area contributed by atoms with Crippen molar-refractivity contribution in [2.24, 2.45) is 0 Å². The smallest absolute Gasteiger partial charge is 0.394 e. The van der Waals surface area contributed by atoms with Crippen LogP contribution in [0.25, 0.3) is 21.7 Å². The van der Waals surface area contributed by atoms with Gasteiger partial charge >= 0.3 is 6.08 Å². The molecule has 0 radical (unpaired) electrons. The summed E-state index contributed by atoms with van der Waals surface area (Å²) in [4.78, 5) is 8.81. The molecule has 0 fully saturated rings. The van der Waals surface area contributed by atoms with Crippen LogP contribution in [-0.4, -0.2) is 16.6 Å². The second-order valence-electron chi connectivity index (χ2n) is 5.31. The number of fused-ring (bicyclic) bond motifs is 1. The van der Waals surface area contributed by atoms with E-state index in [0.29, 0.717) is 30.1 Å². The number of rotatable bonds is 6. The molecule has 0 atom stereocenters. The van der Waals surface area contributed by atoms with E-state index < -0.39 is 0 Å². The van der Waals surface area contributed by atoms with E-state index in [4.69, 9.17) is 13.9 Å². The van der Waals surface area contributed by atoms with Crippen LogP contribution in [0.4, 0.5) is 0 Å². The highest BCUT2D eigenvalue weighted by molar-refractivity contribution is 7.13. The van der Waals surface area contributed by atoms with E-state index in [1.165, 1.54) is 0 Å². The van der Waals surface area contributed by atoms with Gasteiger partial charge in [0, 0.05) is 11.6 Å². The fourth-order valence-corrected chi connectivity index (χ4v) is 3.19. The van der Waals surface area contributed by atoms with Crippen molar-refractivity contribution in [3.8, 4) is 22.4 Å². The van der Waals surface area contributed by atoms with E-state index in [1.807, 2.05) is 54.8 Å². The van der Waals surface area contributed by atoms with Crippen LogP contribution in [0.5, 0.6) is 11.8 Å². The van der Waals surface area contributed by atoms with Gasteiger partial charge < -0.3 is 13.9 Å². The summed E-state index contributed by atoms with van der Waals surface area (Å²) in [6, 6.07) is 13.9. The second-order valence-corrected chi connectivity index (χ2v) is 6.21. The van der Waals surface area contributed by atoms with Crippen molar-refractivity contribution in [1.29, 1.82) is 0 Å². The number of ether oxygens (including phenoxy) is 2. The topological polar surface area (TPSA) is 57.4 Å². The standard InChI is InChI=1S/C19H16N2O3S/c1-2-22-19-21-16-15(23-12-13-6-4-3-5-7-13)9-8-14(17(16)24-19)18-20-10-11-25-18/h3-11H,2,12H2,1H3. The summed E-state index contributed by atoms with van der Waals surface area (Å²) < 4.78 is 17.2. The number of aromatic nitrogens is 2. The SMILES string of the molecule is CCOc1nc2c(OCc3ccccc3)ccc(-c3nccs3)c2o1. The number of hydrogen-bond acceptors (Lipinski definition) is 6. The van der Waals surface area contributed by atoms with Gasteiger partial charge in [-0.15, -0.1) is 11.3 Å². The molecule has 0 amide bonds. The predicted octanol–water partition coefficient (Wildman–Crippen LogP) is 4.93. The van der Waals surface area contributed by atoms with Crippen molar-refractivity contribution in [2.75, 3.05) is 6.61 Å². The third kappa shape index (κ3) is 3.21. The predicted molar refractivity (Wildman–Crippen MR) is 97.1 cm³/mol. The third-order valence-electron chi connectivity index (χ3n) is 3.65. The molecule has 4 aromatic rings. The summed E-state index contributed by atoms with van der Waals surface area (Å²) in [6.07, 6.45) is 2.01. The average Bonchev–Trinajstić information content (AvgIpc) is 3.30. The molecule has 126 valence electrons. The fraction of sp³-hybridized carbons (Fsp3) is 0.158. The van der Waals surface area contributed by atoms with Crippen molar-refractivity contribution >= 4 is 22.4 Å². The molecule has 0 saturated heterocycles. The Labute approximate surface area is 148 Å². The molecule has 0 unspecified atom stereocenters. The Morgan fingerprint density at radius 3 is 2.72 bits per heavy atom. The lowest BCUT2D eigenvalue weighted by Gasteiger charge is -2.07. The Bertz CT molecular complexity index is 965. The number of oxazole rings is 1. The maximum Gasteiger partial charge on any atom is 0.394 e. The molecule has 2 aromatic carbocycles. The van der Waals surface area contributed by atoms with Gasteiger partial charge in [0.15, 0.2) is 11.1 Å². The molecule has 2 heterocycles. The summed E-state index contributed by atoms with van der Waals surface area (Å²) >= 11 is 1.55. The van der Waals surface area contributed by atoms with Crippen LogP contribution in [-0.2, 0) is 6.61 Å². The average molecular weight is 352 g/mol. The van der Waals surface area contributed by atoms with Crippen LogP contribution < -0.4 is 9.47 Å². The molecule has 2 aromatic heterocycles. The third-order valence-corrected chi connectivity index (χ3v) is 4.46. The Balaban J connectivity index is 1.73. The summed E-state index contributed by atoms with van der Waals surface area (Å²) in [7, 11) is 0. The van der Waals surface area contributed by atoms with E-state index in [9.17, 15) is 0 Å². The van der Waals surface area contributed by atoms with E-state index >= 15 is 0 Å². The molecule has 4 rings (SSSR count). The minimum absolute atomic E-state index is 0.242. The Morgan fingerprint density at radius 1 is 1.08 bits per heavy atom. The lowest BCUT2D eigenvalue weighted by atomic mass is 10.2. The van der Waals surface area contributed by atoms with Crippen LogP contribution in [0, 0.1) is 0 Å². The summed E-state index contributed by atoms with van der Waals surface area (Å²) in [5.74, 6) is 0.661. The van der Waals surface area contributed by atoms with Gasteiger partial charge in [-0.1, -0.05) is 30.3 Å². The molecule has 0 N–H and O–H groups in total. The van der Waals surface area contributed by atoms with Crippen LogP contribution in [0.15, 0.2) is 58.5 Å². The first-order valence-electron chi connectivity index (χ1n) is 7.98. The van der Waals surface area contributed by atoms with Crippen molar-refractivity contribution in [3.05, 3.63) is 59.6 Å². The van der Waals surface area contributed by atoms with Gasteiger partial charge in [-0.05, 0) is 24.6 Å². The van der Waals surface area contributed by atoms with Gasteiger partial charge in [0.2, 0.25) is 0 Å². The van der Waals surface area contributed by atoms with E-state index in [0.717, 1.165) is 16.1 Å². The highest BCUT2D eigenvalue weighted by atomic mass is 32.1. The van der Waals surface area contributed by atoms with Crippen LogP contribution in [0.1, 0.15) is 12.5 Å². The summed E-state index contributed by atoms with van der Waals surface area (Å²) in [5.41, 5.74) is 3.25. The first-order valence-corrected chi connectivity index (χ1v) is 8.86. The second kappa shape index (κ2) is 6.94. The number of nitrogens with zero attached hydrogens (tertiary/aromatic N) is 2. The molecular weight excluding hydrogens is 336 g/mol. The molecular formula is C19H16N2O3S. The van der Waals surface area contributed by atoms with Crippen LogP contribution >= 0.6 is 11.3 Å². The lowest BCUT2D eigenvalue weighted by molar-refractivity contribution is 0.251. The van der Waals surface area contributed by atoms with Gasteiger partial charge in [0.1, 0.15) is 17.4 Å². The van der Waals surface area contributed by atoms with Crippen molar-refractivity contribution in [1.82, 2.24) is 9.97 Å². The molecule has 0 saturated carbocycles. The monoisotopic (exact) mass is 352 g/mol. The van der Waals surface area contributed by atoms with Gasteiger partial charge in [-0.25, -0.2) is 4.98 Å². The first kappa shape index (κ1) is 15.7. The number of hydrogen-bond donors (Lipinski definition) is 0. The molecule has 0 aliphatic rings. The van der Waals surface area contributed by atoms with E-state index in [1.54, 1.807) is 17.5 Å². The molecule has 0 spiro atoms. The van der Waals surface area contributed by atoms with Gasteiger partial charge in [-0.3, -0.25) is 0 Å². The maximum absolute atomic E-state index is 5.97. The highest BCUT2D eigenvalue weighted by Crippen LogP contribution is 2.37. The summed E-state index contributed by atoms with van der Waals surface area (Å²) in [6.45, 7) is 2.84. The maximum atomic E-state index is 5.97. The molecule has 5 nitrogen and oxygen atoms in total. The minimum atomic E-state index is 0.242. The Hall–Kier alpha value is -2.86. The molecule has 0 bridgehead atoms. The molecule has 0 aliphatic heterocycles. The van der Waals surface area contributed by atoms with Crippen LogP contribution in [0.3, 0.4) is 0 Å². The minimum Gasteiger partial charge on any atom is -0.486 e. The normalized spacial score (nSPS) is 10.9. The van der Waals surface area contributed by atoms with Crippen molar-refractivity contribution in [3.63, 3.8) is 0 Å². The zero-order valence-corrected chi connectivity index (χ0v) is 14.5. The Morgan fingerprint density at radius 2 is 1.96 bits per heavy atom. The first-order chi connectivity index (χ1) is 12.3. The molecule has 0 aliphatic carbocycles. The fourth-order valence-electron chi connectivity index (χ4n) is 2.53. The largest absolute Gasteiger partial charge is 0.486 e. The van der Waals surface area contributed by atoms with Crippen molar-refractivity contribution < 1.29 is 13.9 Å². The van der Waals surface area contributed by atoms with Crippen LogP contribution in [0.2, 0.25) is 0 Å². The highest BCUT2D eigenvalue weighted by Gasteiger charge is 2.18. The van der Waals surface area contributed by atoms with E-state index in [2.05, 4.69) is 9.97 Å². The number of benzene rings is 2. The zero-order valence-electron chi connectivity index (χ0n) is 13.6. The van der Waals surface area contributed by atoms with Gasteiger partial charge in [0.05, 0.1) is 12.2 Å². The van der Waals surface area contributed by atoms with E-state index in [-0.39, 0.29) is 6.08 Å². The van der Waals surface area contributed by atoms with Gasteiger partial charge in [0.25, 0.3) is 0 Å².